The van der Waals surface area contributed by atoms with E-state index in [1.54, 1.807) is 4.57 Å². The average Bonchev–Trinajstić information content (AvgIpc) is 3.10. The van der Waals surface area contributed by atoms with E-state index >= 15 is 0 Å². The van der Waals surface area contributed by atoms with E-state index in [9.17, 15) is 18.0 Å². The molecule has 0 unspecified atom stereocenters. The Bertz CT molecular complexity index is 1350. The first kappa shape index (κ1) is 24.0. The zero-order valence-electron chi connectivity index (χ0n) is 19.5. The van der Waals surface area contributed by atoms with Gasteiger partial charge >= 0.3 is 5.69 Å². The fraction of sp³-hybridized carbons (Fsp3) is 0.417. The Hall–Kier alpha value is -3.11. The molecule has 0 bridgehead atoms. The molecule has 0 radical (unpaired) electrons. The van der Waals surface area contributed by atoms with E-state index in [2.05, 4.69) is 5.32 Å². The number of amides is 1. The predicted octanol–water partition coefficient (Wildman–Crippen LogP) is 3.03. The molecule has 182 valence electrons. The first-order valence-electron chi connectivity index (χ1n) is 11.5. The number of carbonyl (C=O) groups excluding carboxylic acids is 1. The highest BCUT2D eigenvalue weighted by Gasteiger charge is 2.27. The molecule has 0 spiro atoms. The maximum atomic E-state index is 13.1. The topological polar surface area (TPSA) is 103 Å². The molecule has 2 heterocycles. The number of methoxy groups -OCH3 is 1. The van der Waals surface area contributed by atoms with E-state index < -0.39 is 15.9 Å². The molecule has 1 amide bonds. The average molecular weight is 487 g/mol. The lowest BCUT2D eigenvalue weighted by molar-refractivity contribution is -0.116. The van der Waals surface area contributed by atoms with Gasteiger partial charge in [0.2, 0.25) is 15.9 Å². The number of rotatable bonds is 8. The maximum absolute atomic E-state index is 13.1. The number of sulfonamides is 1. The van der Waals surface area contributed by atoms with E-state index in [1.807, 2.05) is 31.2 Å². The molecule has 1 aliphatic rings. The van der Waals surface area contributed by atoms with Crippen LogP contribution in [0, 0.1) is 0 Å². The largest absolute Gasteiger partial charge is 0.495 e. The third-order valence-corrected chi connectivity index (χ3v) is 7.97. The number of nitrogens with one attached hydrogen (secondary N) is 1. The third-order valence-electron chi connectivity index (χ3n) is 6.07. The number of anilines is 1. The van der Waals surface area contributed by atoms with Crippen molar-refractivity contribution in [3.05, 3.63) is 52.9 Å². The Kier molecular flexibility index (Phi) is 7.08. The van der Waals surface area contributed by atoms with Gasteiger partial charge in [-0.05, 0) is 49.6 Å². The number of aromatic nitrogens is 2. The zero-order valence-corrected chi connectivity index (χ0v) is 20.3. The molecular weight excluding hydrogens is 456 g/mol. The van der Waals surface area contributed by atoms with Crippen LogP contribution in [0.2, 0.25) is 0 Å². The van der Waals surface area contributed by atoms with Crippen molar-refractivity contribution in [2.45, 2.75) is 50.6 Å². The summed E-state index contributed by atoms with van der Waals surface area (Å²) >= 11 is 0. The molecule has 1 N–H and O–H groups in total. The summed E-state index contributed by atoms with van der Waals surface area (Å²) in [5.74, 6) is -0.112. The second-order valence-electron chi connectivity index (χ2n) is 8.38. The van der Waals surface area contributed by atoms with Gasteiger partial charge in [-0.2, -0.15) is 4.31 Å². The maximum Gasteiger partial charge on any atom is 0.329 e. The Labute approximate surface area is 199 Å². The quantitative estimate of drug-likeness (QED) is 0.527. The molecule has 9 nitrogen and oxygen atoms in total. The lowest BCUT2D eigenvalue weighted by atomic mass is 10.2. The zero-order chi connectivity index (χ0) is 24.3. The van der Waals surface area contributed by atoms with Crippen LogP contribution in [0.3, 0.4) is 0 Å². The smallest absolute Gasteiger partial charge is 0.329 e. The summed E-state index contributed by atoms with van der Waals surface area (Å²) < 4.78 is 36.1. The monoisotopic (exact) mass is 486 g/mol. The van der Waals surface area contributed by atoms with Crippen LogP contribution in [-0.4, -0.2) is 48.0 Å². The van der Waals surface area contributed by atoms with Gasteiger partial charge in [0, 0.05) is 19.6 Å². The van der Waals surface area contributed by atoms with E-state index in [0.29, 0.717) is 30.9 Å². The van der Waals surface area contributed by atoms with Crippen molar-refractivity contribution in [1.82, 2.24) is 13.4 Å². The third kappa shape index (κ3) is 4.60. The predicted molar refractivity (Wildman–Crippen MR) is 131 cm³/mol. The molecule has 1 aliphatic heterocycles. The van der Waals surface area contributed by atoms with Crippen LogP contribution in [0.1, 0.15) is 32.6 Å². The van der Waals surface area contributed by atoms with Crippen molar-refractivity contribution in [2.24, 2.45) is 0 Å². The molecule has 4 rings (SSSR count). The SMILES string of the molecule is CCCn1c(=O)n(CC(=O)Nc2cc(S(=O)(=O)N3CCCCC3)ccc2OC)c2ccccc21. The number of hydrogen-bond donors (Lipinski definition) is 1. The highest BCUT2D eigenvalue weighted by atomic mass is 32.2. The van der Waals surface area contributed by atoms with E-state index in [1.165, 1.54) is 34.2 Å². The first-order valence-corrected chi connectivity index (χ1v) is 13.0. The van der Waals surface area contributed by atoms with Gasteiger partial charge in [0.05, 0.1) is 28.7 Å². The lowest BCUT2D eigenvalue weighted by Gasteiger charge is -2.26. The molecule has 1 saturated heterocycles. The summed E-state index contributed by atoms with van der Waals surface area (Å²) in [5, 5.41) is 2.74. The normalized spacial score (nSPS) is 14.9. The second kappa shape index (κ2) is 10.0. The number of ether oxygens (including phenoxy) is 1. The Morgan fingerprint density at radius 2 is 1.71 bits per heavy atom. The molecule has 34 heavy (non-hydrogen) atoms. The lowest BCUT2D eigenvalue weighted by Crippen LogP contribution is -2.35. The minimum atomic E-state index is -3.67. The number of para-hydroxylation sites is 2. The molecule has 3 aromatic rings. The van der Waals surface area contributed by atoms with Gasteiger partial charge in [0.1, 0.15) is 12.3 Å². The van der Waals surface area contributed by atoms with Gasteiger partial charge in [0.25, 0.3) is 0 Å². The van der Waals surface area contributed by atoms with Crippen LogP contribution < -0.4 is 15.7 Å². The van der Waals surface area contributed by atoms with Crippen LogP contribution in [0.25, 0.3) is 11.0 Å². The number of hydrogen-bond acceptors (Lipinski definition) is 5. The van der Waals surface area contributed by atoms with Crippen molar-refractivity contribution in [3.63, 3.8) is 0 Å². The molecule has 0 aliphatic carbocycles. The molecule has 1 fully saturated rings. The van der Waals surface area contributed by atoms with Crippen LogP contribution >= 0.6 is 0 Å². The van der Waals surface area contributed by atoms with Gasteiger partial charge in [-0.3, -0.25) is 13.9 Å². The van der Waals surface area contributed by atoms with Crippen LogP contribution in [0.4, 0.5) is 5.69 Å². The minimum Gasteiger partial charge on any atom is -0.495 e. The Morgan fingerprint density at radius 1 is 1.03 bits per heavy atom. The fourth-order valence-electron chi connectivity index (χ4n) is 4.40. The number of nitrogens with zero attached hydrogens (tertiary/aromatic N) is 3. The minimum absolute atomic E-state index is 0.0993. The van der Waals surface area contributed by atoms with Crippen LogP contribution in [0.15, 0.2) is 52.2 Å². The number of aryl methyl sites for hydroxylation is 1. The summed E-state index contributed by atoms with van der Waals surface area (Å²) in [6.07, 6.45) is 3.47. The van der Waals surface area contributed by atoms with E-state index in [0.717, 1.165) is 31.2 Å². The fourth-order valence-corrected chi connectivity index (χ4v) is 5.94. The van der Waals surface area contributed by atoms with Gasteiger partial charge in [-0.15, -0.1) is 0 Å². The number of benzene rings is 2. The van der Waals surface area contributed by atoms with Crippen LogP contribution in [0.5, 0.6) is 5.75 Å². The van der Waals surface area contributed by atoms with E-state index in [4.69, 9.17) is 4.74 Å². The summed E-state index contributed by atoms with van der Waals surface area (Å²) in [5.41, 5.74) is 1.43. The molecule has 2 aromatic carbocycles. The van der Waals surface area contributed by atoms with Crippen molar-refractivity contribution in [1.29, 1.82) is 0 Å². The molecule has 0 atom stereocenters. The standard InChI is InChI=1S/C24H30N4O5S/c1-3-13-27-20-9-5-6-10-21(20)28(24(27)30)17-23(29)25-19-16-18(11-12-22(19)33-2)34(31,32)26-14-7-4-8-15-26/h5-6,9-12,16H,3-4,7-8,13-15,17H2,1-2H3,(H,25,29). The van der Waals surface area contributed by atoms with Crippen LogP contribution in [-0.2, 0) is 27.9 Å². The van der Waals surface area contributed by atoms with Crippen molar-refractivity contribution < 1.29 is 17.9 Å². The highest BCUT2D eigenvalue weighted by molar-refractivity contribution is 7.89. The number of fused-ring (bicyclic) bond motifs is 1. The van der Waals surface area contributed by atoms with Gasteiger partial charge in [0.15, 0.2) is 0 Å². The highest BCUT2D eigenvalue weighted by Crippen LogP contribution is 2.30. The second-order valence-corrected chi connectivity index (χ2v) is 10.3. The molecule has 0 saturated carbocycles. The van der Waals surface area contributed by atoms with Crippen molar-refractivity contribution in [3.8, 4) is 5.75 Å². The van der Waals surface area contributed by atoms with Gasteiger partial charge in [-0.25, -0.2) is 13.2 Å². The molecular formula is C24H30N4O5S. The number of piperidine rings is 1. The van der Waals surface area contributed by atoms with Crippen molar-refractivity contribution >= 4 is 32.7 Å². The molecule has 1 aromatic heterocycles. The molecule has 10 heteroatoms. The summed E-state index contributed by atoms with van der Waals surface area (Å²) in [7, 11) is -2.22. The van der Waals surface area contributed by atoms with E-state index in [-0.39, 0.29) is 22.8 Å². The number of imidazole rings is 1. The van der Waals surface area contributed by atoms with Crippen molar-refractivity contribution in [2.75, 3.05) is 25.5 Å². The summed E-state index contributed by atoms with van der Waals surface area (Å²) in [6, 6.07) is 11.8. The Balaban J connectivity index is 1.62. The summed E-state index contributed by atoms with van der Waals surface area (Å²) in [4.78, 5) is 26.1. The van der Waals surface area contributed by atoms with Gasteiger partial charge in [-0.1, -0.05) is 25.5 Å². The number of carbonyl (C=O) groups is 1. The summed E-state index contributed by atoms with van der Waals surface area (Å²) in [6.45, 7) is 3.31. The Morgan fingerprint density at radius 3 is 2.35 bits per heavy atom. The first-order chi connectivity index (χ1) is 16.4. The van der Waals surface area contributed by atoms with Gasteiger partial charge < -0.3 is 10.1 Å².